The van der Waals surface area contributed by atoms with Crippen LogP contribution < -0.4 is 26.0 Å². The van der Waals surface area contributed by atoms with Gasteiger partial charge in [-0.25, -0.2) is 4.79 Å². The summed E-state index contributed by atoms with van der Waals surface area (Å²) in [6, 6.07) is 19.8. The summed E-state index contributed by atoms with van der Waals surface area (Å²) in [5, 5.41) is 3.93. The third kappa shape index (κ3) is 4.99. The normalized spacial score (nSPS) is 12.1. The van der Waals surface area contributed by atoms with Gasteiger partial charge in [-0.3, -0.25) is 18.7 Å². The van der Waals surface area contributed by atoms with Crippen molar-refractivity contribution in [3.63, 3.8) is 0 Å². The van der Waals surface area contributed by atoms with E-state index in [1.165, 1.54) is 4.57 Å². The first-order chi connectivity index (χ1) is 17.5. The van der Waals surface area contributed by atoms with E-state index in [2.05, 4.69) is 5.32 Å². The number of benzene rings is 3. The highest BCUT2D eigenvalue weighted by molar-refractivity contribution is 6.30. The molecule has 4 aromatic rings. The monoisotopic (exact) mass is 505 g/mol. The standard InChI is InChI=1S/C27H24ClN3O5/c28-20-10-7-18(8-11-20)16-31-22-5-2-1-4-21(22)26(33)30(27(31)34)13-3-6-25(32)29-15-19-9-12-23-24(14-19)36-17-35-23/h1-2,4-5,7-12,14H,3,6,13,15-17H2,(H,29,32). The largest absolute Gasteiger partial charge is 0.454 e. The van der Waals surface area contributed by atoms with Crippen LogP contribution >= 0.6 is 11.6 Å². The molecule has 0 saturated heterocycles. The maximum absolute atomic E-state index is 13.3. The topological polar surface area (TPSA) is 91.6 Å². The van der Waals surface area contributed by atoms with Crippen LogP contribution in [-0.4, -0.2) is 21.8 Å². The molecule has 0 spiro atoms. The molecule has 1 aliphatic heterocycles. The molecule has 0 bridgehead atoms. The number of rotatable bonds is 8. The summed E-state index contributed by atoms with van der Waals surface area (Å²) in [6.07, 6.45) is 0.530. The molecule has 0 unspecified atom stereocenters. The number of amides is 1. The second-order valence-electron chi connectivity index (χ2n) is 8.54. The highest BCUT2D eigenvalue weighted by Gasteiger charge is 2.15. The number of nitrogens with one attached hydrogen (secondary N) is 1. The highest BCUT2D eigenvalue weighted by atomic mass is 35.5. The van der Waals surface area contributed by atoms with Crippen LogP contribution in [0.15, 0.2) is 76.3 Å². The summed E-state index contributed by atoms with van der Waals surface area (Å²) in [5.74, 6) is 1.18. The van der Waals surface area contributed by atoms with Crippen LogP contribution in [0.5, 0.6) is 11.5 Å². The van der Waals surface area contributed by atoms with Gasteiger partial charge in [0.25, 0.3) is 5.56 Å². The fourth-order valence-electron chi connectivity index (χ4n) is 4.23. The Labute approximate surface area is 211 Å². The van der Waals surface area contributed by atoms with Crippen molar-refractivity contribution in [1.29, 1.82) is 0 Å². The Bertz CT molecular complexity index is 1540. The maximum atomic E-state index is 13.3. The van der Waals surface area contributed by atoms with Crippen LogP contribution in [0.2, 0.25) is 5.02 Å². The van der Waals surface area contributed by atoms with Crippen molar-refractivity contribution in [3.05, 3.63) is 104 Å². The average Bonchev–Trinajstić information content (AvgIpc) is 3.36. The minimum Gasteiger partial charge on any atom is -0.454 e. The second-order valence-corrected chi connectivity index (χ2v) is 8.97. The molecular formula is C27H24ClN3O5. The molecule has 1 amide bonds. The minimum atomic E-state index is -0.408. The Morgan fingerprint density at radius 3 is 2.50 bits per heavy atom. The highest BCUT2D eigenvalue weighted by Crippen LogP contribution is 2.32. The number of halogens is 1. The average molecular weight is 506 g/mol. The summed E-state index contributed by atoms with van der Waals surface area (Å²) in [5.41, 5.74) is 1.58. The first-order valence-corrected chi connectivity index (χ1v) is 12.0. The molecule has 8 nitrogen and oxygen atoms in total. The number of hydrogen-bond donors (Lipinski definition) is 1. The Hall–Kier alpha value is -4.04. The number of ether oxygens (including phenoxy) is 2. The molecule has 1 aromatic heterocycles. The van der Waals surface area contributed by atoms with E-state index in [0.29, 0.717) is 46.9 Å². The molecule has 0 fully saturated rings. The van der Waals surface area contributed by atoms with Gasteiger partial charge in [0, 0.05) is 24.5 Å². The third-order valence-corrected chi connectivity index (χ3v) is 6.35. The van der Waals surface area contributed by atoms with Gasteiger partial charge in [-0.1, -0.05) is 41.9 Å². The van der Waals surface area contributed by atoms with Crippen LogP contribution in [0.25, 0.3) is 10.9 Å². The maximum Gasteiger partial charge on any atom is 0.331 e. The van der Waals surface area contributed by atoms with E-state index in [-0.39, 0.29) is 31.2 Å². The lowest BCUT2D eigenvalue weighted by atomic mass is 10.2. The number of fused-ring (bicyclic) bond motifs is 2. The van der Waals surface area contributed by atoms with Crippen LogP contribution in [0, 0.1) is 0 Å². The van der Waals surface area contributed by atoms with E-state index in [0.717, 1.165) is 11.1 Å². The van der Waals surface area contributed by atoms with Gasteiger partial charge in [-0.15, -0.1) is 0 Å². The molecule has 0 saturated carbocycles. The molecule has 5 rings (SSSR count). The molecule has 1 aliphatic rings. The van der Waals surface area contributed by atoms with Crippen molar-refractivity contribution in [1.82, 2.24) is 14.5 Å². The number of hydrogen-bond acceptors (Lipinski definition) is 5. The van der Waals surface area contributed by atoms with Gasteiger partial charge in [0.15, 0.2) is 11.5 Å². The second kappa shape index (κ2) is 10.3. The molecule has 0 radical (unpaired) electrons. The molecule has 9 heteroatoms. The Kier molecular flexibility index (Phi) is 6.77. The quantitative estimate of drug-likeness (QED) is 0.394. The Morgan fingerprint density at radius 2 is 1.67 bits per heavy atom. The lowest BCUT2D eigenvalue weighted by Gasteiger charge is -2.14. The van der Waals surface area contributed by atoms with Gasteiger partial charge < -0.3 is 14.8 Å². The Morgan fingerprint density at radius 1 is 0.917 bits per heavy atom. The van der Waals surface area contributed by atoms with E-state index in [1.54, 1.807) is 41.0 Å². The summed E-state index contributed by atoms with van der Waals surface area (Å²) in [6.45, 7) is 0.980. The first-order valence-electron chi connectivity index (χ1n) is 11.6. The predicted octanol–water partition coefficient (Wildman–Crippen LogP) is 3.69. The summed E-state index contributed by atoms with van der Waals surface area (Å²) in [4.78, 5) is 38.8. The van der Waals surface area contributed by atoms with Gasteiger partial charge >= 0.3 is 5.69 Å². The van der Waals surface area contributed by atoms with E-state index in [9.17, 15) is 14.4 Å². The number of carbonyl (C=O) groups excluding carboxylic acids is 1. The molecule has 2 heterocycles. The lowest BCUT2D eigenvalue weighted by molar-refractivity contribution is -0.121. The molecule has 3 aromatic carbocycles. The number of aromatic nitrogens is 2. The van der Waals surface area contributed by atoms with Crippen molar-refractivity contribution in [2.75, 3.05) is 6.79 Å². The van der Waals surface area contributed by atoms with E-state index < -0.39 is 5.69 Å². The van der Waals surface area contributed by atoms with Crippen molar-refractivity contribution in [3.8, 4) is 11.5 Å². The fraction of sp³-hybridized carbons (Fsp3) is 0.222. The summed E-state index contributed by atoms with van der Waals surface area (Å²) >= 11 is 5.99. The van der Waals surface area contributed by atoms with Gasteiger partial charge in [0.1, 0.15) is 0 Å². The van der Waals surface area contributed by atoms with Crippen LogP contribution in [0.3, 0.4) is 0 Å². The van der Waals surface area contributed by atoms with Crippen LogP contribution in [0.1, 0.15) is 24.0 Å². The van der Waals surface area contributed by atoms with Crippen molar-refractivity contribution in [2.45, 2.75) is 32.5 Å². The summed E-state index contributed by atoms with van der Waals surface area (Å²) < 4.78 is 13.5. The van der Waals surface area contributed by atoms with E-state index in [1.807, 2.05) is 30.3 Å². The van der Waals surface area contributed by atoms with Crippen molar-refractivity contribution >= 4 is 28.4 Å². The van der Waals surface area contributed by atoms with Crippen LogP contribution in [-0.2, 0) is 24.4 Å². The van der Waals surface area contributed by atoms with Gasteiger partial charge in [-0.2, -0.15) is 0 Å². The summed E-state index contributed by atoms with van der Waals surface area (Å²) in [7, 11) is 0. The molecule has 36 heavy (non-hydrogen) atoms. The third-order valence-electron chi connectivity index (χ3n) is 6.10. The fourth-order valence-corrected chi connectivity index (χ4v) is 4.36. The molecule has 184 valence electrons. The Balaban J connectivity index is 1.28. The van der Waals surface area contributed by atoms with Gasteiger partial charge in [0.05, 0.1) is 17.4 Å². The molecule has 1 N–H and O–H groups in total. The van der Waals surface area contributed by atoms with Crippen molar-refractivity contribution < 1.29 is 14.3 Å². The zero-order valence-electron chi connectivity index (χ0n) is 19.4. The lowest BCUT2D eigenvalue weighted by Crippen LogP contribution is -2.40. The van der Waals surface area contributed by atoms with Gasteiger partial charge in [0.2, 0.25) is 12.7 Å². The number of para-hydroxylation sites is 1. The zero-order chi connectivity index (χ0) is 25.1. The zero-order valence-corrected chi connectivity index (χ0v) is 20.2. The van der Waals surface area contributed by atoms with E-state index in [4.69, 9.17) is 21.1 Å². The molecule has 0 atom stereocenters. The van der Waals surface area contributed by atoms with E-state index >= 15 is 0 Å². The minimum absolute atomic E-state index is 0.139. The molecule has 0 aliphatic carbocycles. The van der Waals surface area contributed by atoms with Crippen LogP contribution in [0.4, 0.5) is 0 Å². The first kappa shape index (κ1) is 23.7. The predicted molar refractivity (Wildman–Crippen MR) is 137 cm³/mol. The van der Waals surface area contributed by atoms with Gasteiger partial charge in [-0.05, 0) is 53.9 Å². The molecular weight excluding hydrogens is 482 g/mol. The number of carbonyl (C=O) groups is 1. The van der Waals surface area contributed by atoms with Crippen molar-refractivity contribution in [2.24, 2.45) is 0 Å². The smallest absolute Gasteiger partial charge is 0.331 e. The number of nitrogens with zero attached hydrogens (tertiary/aromatic N) is 2. The SMILES string of the molecule is O=C(CCCn1c(=O)c2ccccc2n(Cc2ccc(Cl)cc2)c1=O)NCc1ccc2c(c1)OCO2.